The van der Waals surface area contributed by atoms with Crippen molar-refractivity contribution in [2.75, 3.05) is 0 Å². The fraction of sp³-hybridized carbons (Fsp3) is 0.0385. The Morgan fingerprint density at radius 3 is 2.00 bits per heavy atom. The van der Waals surface area contributed by atoms with Gasteiger partial charge in [-0.2, -0.15) is 23.0 Å². The number of hydrogen-bond acceptors (Lipinski definition) is 3. The third-order valence-corrected chi connectivity index (χ3v) is 6.70. The van der Waals surface area contributed by atoms with Gasteiger partial charge in [0.05, 0.1) is 16.4 Å². The van der Waals surface area contributed by atoms with Crippen LogP contribution in [0.5, 0.6) is 0 Å². The Labute approximate surface area is 230 Å². The monoisotopic (exact) mass is 650 g/mol. The minimum atomic E-state index is -4.77. The van der Waals surface area contributed by atoms with Gasteiger partial charge in [0.25, 0.3) is 5.95 Å². The predicted octanol–water partition coefficient (Wildman–Crippen LogP) is 9.00. The van der Waals surface area contributed by atoms with Gasteiger partial charge in [0.1, 0.15) is 11.5 Å². The molecule has 5 rings (SSSR count). The minimum absolute atomic E-state index is 0.0480. The lowest BCUT2D eigenvalue weighted by Gasteiger charge is -2.12. The maximum atomic E-state index is 13.9. The van der Waals surface area contributed by atoms with Crippen molar-refractivity contribution in [2.45, 2.75) is 6.18 Å². The molecular formula is C26H13Br2ClF4N4. The maximum absolute atomic E-state index is 13.9. The number of halogens is 7. The van der Waals surface area contributed by atoms with E-state index in [0.717, 1.165) is 27.1 Å². The molecule has 0 amide bonds. The van der Waals surface area contributed by atoms with Crippen LogP contribution in [0.2, 0.25) is 5.02 Å². The average molecular weight is 653 g/mol. The van der Waals surface area contributed by atoms with Crippen molar-refractivity contribution in [2.24, 2.45) is 0 Å². The molecule has 0 aliphatic heterocycles. The van der Waals surface area contributed by atoms with Gasteiger partial charge in [-0.05, 0) is 54.6 Å². The maximum Gasteiger partial charge on any atom is 0.433 e. The SMILES string of the molecule is Fc1ccc(-c2cc(C(F)(F)F)nc(-n3nc(-c4cccc(Br)c4)c(Cl)c3-c3cccc(Br)c3)n2)cc1. The third kappa shape index (κ3) is 5.32. The number of hydrogen-bond donors (Lipinski definition) is 0. The molecular weight excluding hydrogens is 640 g/mol. The van der Waals surface area contributed by atoms with E-state index in [0.29, 0.717) is 22.5 Å². The molecule has 186 valence electrons. The first-order valence-corrected chi connectivity index (χ1v) is 12.6. The third-order valence-electron chi connectivity index (χ3n) is 5.36. The Bertz CT molecular complexity index is 1620. The molecule has 0 aliphatic carbocycles. The molecule has 0 N–H and O–H groups in total. The van der Waals surface area contributed by atoms with Crippen LogP contribution in [-0.2, 0) is 6.18 Å². The van der Waals surface area contributed by atoms with Crippen molar-refractivity contribution in [1.82, 2.24) is 19.7 Å². The molecule has 0 spiro atoms. The van der Waals surface area contributed by atoms with Crippen LogP contribution >= 0.6 is 43.5 Å². The first-order chi connectivity index (χ1) is 17.6. The van der Waals surface area contributed by atoms with E-state index in [4.69, 9.17) is 11.6 Å². The van der Waals surface area contributed by atoms with Crippen LogP contribution in [0.1, 0.15) is 5.69 Å². The van der Waals surface area contributed by atoms with Crippen LogP contribution in [0.25, 0.3) is 39.7 Å². The summed E-state index contributed by atoms with van der Waals surface area (Å²) < 4.78 is 57.9. The molecule has 0 unspecified atom stereocenters. The molecule has 2 heterocycles. The second kappa shape index (κ2) is 10.00. The standard InChI is InChI=1S/C26H13Br2ClF4N4/c27-17-5-1-3-15(11-17)23-22(29)24(16-4-2-6-18(28)12-16)37(36-23)25-34-20(13-21(35-25)26(31,32)33)14-7-9-19(30)10-8-14/h1-13H. The highest BCUT2D eigenvalue weighted by molar-refractivity contribution is 9.10. The molecule has 3 aromatic carbocycles. The van der Waals surface area contributed by atoms with E-state index in [1.165, 1.54) is 16.8 Å². The molecule has 4 nitrogen and oxygen atoms in total. The highest BCUT2D eigenvalue weighted by Gasteiger charge is 2.35. The van der Waals surface area contributed by atoms with Gasteiger partial charge in [-0.3, -0.25) is 0 Å². The van der Waals surface area contributed by atoms with Crippen LogP contribution in [0, 0.1) is 5.82 Å². The number of rotatable bonds is 4. The summed E-state index contributed by atoms with van der Waals surface area (Å²) in [6.45, 7) is 0. The summed E-state index contributed by atoms with van der Waals surface area (Å²) >= 11 is 13.7. The smallest absolute Gasteiger partial charge is 0.211 e. The van der Waals surface area contributed by atoms with Crippen LogP contribution < -0.4 is 0 Å². The Morgan fingerprint density at radius 1 is 0.757 bits per heavy atom. The predicted molar refractivity (Wildman–Crippen MR) is 141 cm³/mol. The lowest BCUT2D eigenvalue weighted by molar-refractivity contribution is -0.141. The van der Waals surface area contributed by atoms with Gasteiger partial charge >= 0.3 is 6.18 Å². The van der Waals surface area contributed by atoms with Gasteiger partial charge in [-0.25, -0.2) is 14.4 Å². The average Bonchev–Trinajstić information content (AvgIpc) is 3.21. The Hall–Kier alpha value is -3.08. The van der Waals surface area contributed by atoms with E-state index in [-0.39, 0.29) is 22.2 Å². The van der Waals surface area contributed by atoms with E-state index in [1.807, 2.05) is 6.07 Å². The van der Waals surface area contributed by atoms with Crippen molar-refractivity contribution in [3.8, 4) is 39.7 Å². The number of nitrogens with zero attached hydrogens (tertiary/aromatic N) is 4. The van der Waals surface area contributed by atoms with Crippen molar-refractivity contribution in [1.29, 1.82) is 0 Å². The topological polar surface area (TPSA) is 43.6 Å². The zero-order chi connectivity index (χ0) is 26.3. The molecule has 5 aromatic rings. The molecule has 2 aromatic heterocycles. The molecule has 0 atom stereocenters. The van der Waals surface area contributed by atoms with E-state index < -0.39 is 17.7 Å². The molecule has 11 heteroatoms. The van der Waals surface area contributed by atoms with E-state index in [2.05, 4.69) is 46.9 Å². The lowest BCUT2D eigenvalue weighted by Crippen LogP contribution is -2.14. The van der Waals surface area contributed by atoms with Gasteiger partial charge in [-0.1, -0.05) is 67.7 Å². The van der Waals surface area contributed by atoms with Crippen LogP contribution in [0.15, 0.2) is 87.8 Å². The van der Waals surface area contributed by atoms with E-state index >= 15 is 0 Å². The normalized spacial score (nSPS) is 11.6. The van der Waals surface area contributed by atoms with Gasteiger partial charge in [0, 0.05) is 25.6 Å². The Kier molecular flexibility index (Phi) is 6.91. The van der Waals surface area contributed by atoms with Gasteiger partial charge < -0.3 is 0 Å². The summed E-state index contributed by atoms with van der Waals surface area (Å²) in [5.41, 5.74) is 0.924. The summed E-state index contributed by atoms with van der Waals surface area (Å²) in [5, 5.41) is 4.77. The Morgan fingerprint density at radius 2 is 1.38 bits per heavy atom. The fourth-order valence-corrected chi connectivity index (χ4v) is 4.83. The highest BCUT2D eigenvalue weighted by atomic mass is 79.9. The largest absolute Gasteiger partial charge is 0.433 e. The van der Waals surface area contributed by atoms with Crippen molar-refractivity contribution in [3.63, 3.8) is 0 Å². The first kappa shape index (κ1) is 25.6. The summed E-state index contributed by atoms with van der Waals surface area (Å²) in [5.74, 6) is -0.865. The number of alkyl halides is 3. The summed E-state index contributed by atoms with van der Waals surface area (Å²) in [7, 11) is 0. The number of benzene rings is 3. The van der Waals surface area contributed by atoms with E-state index in [1.54, 1.807) is 42.5 Å². The zero-order valence-electron chi connectivity index (χ0n) is 18.4. The number of aromatic nitrogens is 4. The molecule has 0 aliphatic rings. The Balaban J connectivity index is 1.80. The van der Waals surface area contributed by atoms with Crippen LogP contribution in [-0.4, -0.2) is 19.7 Å². The van der Waals surface area contributed by atoms with E-state index in [9.17, 15) is 17.6 Å². The van der Waals surface area contributed by atoms with Crippen molar-refractivity contribution < 1.29 is 17.6 Å². The summed E-state index contributed by atoms with van der Waals surface area (Å²) in [4.78, 5) is 8.18. The lowest BCUT2D eigenvalue weighted by atomic mass is 10.1. The summed E-state index contributed by atoms with van der Waals surface area (Å²) in [6, 6.07) is 20.1. The zero-order valence-corrected chi connectivity index (χ0v) is 22.4. The van der Waals surface area contributed by atoms with Gasteiger partial charge in [0.2, 0.25) is 0 Å². The quantitative estimate of drug-likeness (QED) is 0.182. The van der Waals surface area contributed by atoms with Gasteiger partial charge in [-0.15, -0.1) is 0 Å². The second-order valence-corrected chi connectivity index (χ2v) is 10.1. The molecule has 0 bridgehead atoms. The molecule has 0 fully saturated rings. The van der Waals surface area contributed by atoms with Crippen molar-refractivity contribution in [3.05, 3.63) is 104 Å². The molecule has 0 saturated carbocycles. The van der Waals surface area contributed by atoms with Gasteiger partial charge in [0.15, 0.2) is 5.69 Å². The highest BCUT2D eigenvalue weighted by Crippen LogP contribution is 2.39. The summed E-state index contributed by atoms with van der Waals surface area (Å²) in [6.07, 6.45) is -4.77. The molecule has 0 radical (unpaired) electrons. The van der Waals surface area contributed by atoms with Crippen LogP contribution in [0.3, 0.4) is 0 Å². The molecule has 0 saturated heterocycles. The minimum Gasteiger partial charge on any atom is -0.211 e. The second-order valence-electron chi connectivity index (χ2n) is 7.89. The van der Waals surface area contributed by atoms with Crippen molar-refractivity contribution >= 4 is 43.5 Å². The van der Waals surface area contributed by atoms with Crippen LogP contribution in [0.4, 0.5) is 17.6 Å². The fourth-order valence-electron chi connectivity index (χ4n) is 3.69. The molecule has 37 heavy (non-hydrogen) atoms. The first-order valence-electron chi connectivity index (χ1n) is 10.6.